The van der Waals surface area contributed by atoms with E-state index in [1.165, 1.54) is 12.1 Å². The molecular weight excluding hydrogens is 444 g/mol. The van der Waals surface area contributed by atoms with E-state index in [1.54, 1.807) is 48.5 Å². The van der Waals surface area contributed by atoms with Crippen LogP contribution in [0.4, 0.5) is 4.79 Å². The third-order valence-electron chi connectivity index (χ3n) is 5.21. The second-order valence-corrected chi connectivity index (χ2v) is 9.22. The summed E-state index contributed by atoms with van der Waals surface area (Å²) in [7, 11) is -3.97. The zero-order chi connectivity index (χ0) is 23.4. The second-order valence-electron chi connectivity index (χ2n) is 7.33. The Balaban J connectivity index is 1.56. The first kappa shape index (κ1) is 22.6. The fraction of sp³-hybridized carbons (Fsp3) is 0.208. The number of fused-ring (bicyclic) bond motifs is 1. The fourth-order valence-electron chi connectivity index (χ4n) is 3.71. The van der Waals surface area contributed by atoms with Crippen LogP contribution in [0.15, 0.2) is 77.7 Å². The maximum Gasteiger partial charge on any atom is 0.406 e. The van der Waals surface area contributed by atoms with Gasteiger partial charge >= 0.3 is 6.09 Å². The highest BCUT2D eigenvalue weighted by Gasteiger charge is 2.38. The average molecular weight is 469 g/mol. The monoisotopic (exact) mass is 468 g/mol. The minimum Gasteiger partial charge on any atom is -0.494 e. The number of benzene rings is 3. The highest BCUT2D eigenvalue weighted by Crippen LogP contribution is 2.35. The maximum absolute atomic E-state index is 13.4. The molecule has 0 saturated carbocycles. The molecule has 1 amide bonds. The molecule has 0 fully saturated rings. The number of carbonyl (C=O) groups is 1. The van der Waals surface area contributed by atoms with Crippen LogP contribution in [0.5, 0.6) is 17.2 Å². The first-order valence-corrected chi connectivity index (χ1v) is 11.9. The molecule has 1 aliphatic rings. The molecular formula is C24H24N2O6S. The minimum absolute atomic E-state index is 0.0546. The van der Waals surface area contributed by atoms with Crippen molar-refractivity contribution in [2.45, 2.75) is 24.5 Å². The summed E-state index contributed by atoms with van der Waals surface area (Å²) in [5.41, 5.74) is 6.75. The van der Waals surface area contributed by atoms with Crippen molar-refractivity contribution in [2.24, 2.45) is 5.73 Å². The van der Waals surface area contributed by atoms with Crippen LogP contribution in [0, 0.1) is 0 Å². The first-order chi connectivity index (χ1) is 15.9. The highest BCUT2D eigenvalue weighted by atomic mass is 32.2. The van der Waals surface area contributed by atoms with Gasteiger partial charge in [0.15, 0.2) is 6.23 Å². The molecule has 1 heterocycles. The van der Waals surface area contributed by atoms with Crippen molar-refractivity contribution in [1.82, 2.24) is 4.31 Å². The molecule has 0 bridgehead atoms. The average Bonchev–Trinajstić information content (AvgIpc) is 2.81. The largest absolute Gasteiger partial charge is 0.494 e. The molecule has 0 saturated heterocycles. The molecule has 1 atom stereocenters. The molecule has 172 valence electrons. The van der Waals surface area contributed by atoms with E-state index in [9.17, 15) is 13.2 Å². The number of carbonyl (C=O) groups excluding carboxylic acids is 1. The first-order valence-electron chi connectivity index (χ1n) is 10.4. The molecule has 9 heteroatoms. The van der Waals surface area contributed by atoms with E-state index in [0.717, 1.165) is 15.6 Å². The number of primary amides is 1. The van der Waals surface area contributed by atoms with Crippen molar-refractivity contribution >= 4 is 16.1 Å². The SMILES string of the molecule is CCOc1ccc(Oc2ccc(S(=O)(=O)N3CCc4ccccc4[C@@H]3OC(N)=O)cc2)cc1. The Hall–Kier alpha value is -3.56. The van der Waals surface area contributed by atoms with Crippen molar-refractivity contribution < 1.29 is 27.4 Å². The predicted octanol–water partition coefficient (Wildman–Crippen LogP) is 4.22. The zero-order valence-electron chi connectivity index (χ0n) is 18.0. The quantitative estimate of drug-likeness (QED) is 0.556. The summed E-state index contributed by atoms with van der Waals surface area (Å²) >= 11 is 0. The third-order valence-corrected chi connectivity index (χ3v) is 7.07. The lowest BCUT2D eigenvalue weighted by molar-refractivity contribution is 0.0295. The maximum atomic E-state index is 13.4. The van der Waals surface area contributed by atoms with Crippen LogP contribution in [0.1, 0.15) is 24.3 Å². The van der Waals surface area contributed by atoms with Crippen LogP contribution in [0.2, 0.25) is 0 Å². The molecule has 1 aliphatic heterocycles. The van der Waals surface area contributed by atoms with Crippen LogP contribution >= 0.6 is 0 Å². The lowest BCUT2D eigenvalue weighted by Crippen LogP contribution is -2.42. The van der Waals surface area contributed by atoms with Gasteiger partial charge in [-0.05, 0) is 67.4 Å². The van der Waals surface area contributed by atoms with Crippen LogP contribution in [-0.4, -0.2) is 32.0 Å². The van der Waals surface area contributed by atoms with Crippen LogP contribution < -0.4 is 15.2 Å². The summed E-state index contributed by atoms with van der Waals surface area (Å²) in [6.45, 7) is 2.64. The van der Waals surface area contributed by atoms with E-state index < -0.39 is 22.3 Å². The summed E-state index contributed by atoms with van der Waals surface area (Å²) in [5.74, 6) is 1.81. The summed E-state index contributed by atoms with van der Waals surface area (Å²) in [6, 6.07) is 20.4. The van der Waals surface area contributed by atoms with E-state index in [4.69, 9.17) is 19.9 Å². The molecule has 0 unspecified atom stereocenters. The third kappa shape index (κ3) is 4.94. The number of nitrogens with zero attached hydrogens (tertiary/aromatic N) is 1. The van der Waals surface area contributed by atoms with Crippen LogP contribution in [-0.2, 0) is 21.2 Å². The van der Waals surface area contributed by atoms with Gasteiger partial charge in [-0.2, -0.15) is 4.31 Å². The van der Waals surface area contributed by atoms with Gasteiger partial charge in [-0.3, -0.25) is 0 Å². The molecule has 8 nitrogen and oxygen atoms in total. The molecule has 4 rings (SSSR count). The number of ether oxygens (including phenoxy) is 3. The van der Waals surface area contributed by atoms with Gasteiger partial charge in [-0.25, -0.2) is 13.2 Å². The molecule has 0 radical (unpaired) electrons. The van der Waals surface area contributed by atoms with Crippen molar-refractivity contribution in [3.05, 3.63) is 83.9 Å². The van der Waals surface area contributed by atoms with E-state index in [2.05, 4.69) is 0 Å². The molecule has 3 aromatic rings. The lowest BCUT2D eigenvalue weighted by atomic mass is 10.00. The Morgan fingerprint density at radius 3 is 2.21 bits per heavy atom. The predicted molar refractivity (Wildman–Crippen MR) is 122 cm³/mol. The molecule has 0 spiro atoms. The van der Waals surface area contributed by atoms with Gasteiger partial charge in [-0.1, -0.05) is 24.3 Å². The highest BCUT2D eigenvalue weighted by molar-refractivity contribution is 7.89. The van der Waals surface area contributed by atoms with Gasteiger partial charge in [0.25, 0.3) is 0 Å². The van der Waals surface area contributed by atoms with Crippen molar-refractivity contribution in [2.75, 3.05) is 13.2 Å². The normalized spacial score (nSPS) is 16.0. The standard InChI is InChI=1S/C24H24N2O6S/c1-2-30-18-7-9-19(10-8-18)31-20-11-13-21(14-12-20)33(28,29)26-16-15-17-5-3-4-6-22(17)23(26)32-24(25)27/h3-14,23H,2,15-16H2,1H3,(H2,25,27)/t23-/m0/s1. The number of sulfonamides is 1. The number of hydrogen-bond donors (Lipinski definition) is 1. The topological polar surface area (TPSA) is 108 Å². The molecule has 0 aromatic heterocycles. The summed E-state index contributed by atoms with van der Waals surface area (Å²) < 4.78 is 44.4. The van der Waals surface area contributed by atoms with Crippen molar-refractivity contribution in [1.29, 1.82) is 0 Å². The van der Waals surface area contributed by atoms with Gasteiger partial charge in [0.2, 0.25) is 10.0 Å². The molecule has 33 heavy (non-hydrogen) atoms. The number of amides is 1. The van der Waals surface area contributed by atoms with Crippen molar-refractivity contribution in [3.63, 3.8) is 0 Å². The van der Waals surface area contributed by atoms with Gasteiger partial charge in [0.1, 0.15) is 17.2 Å². The summed E-state index contributed by atoms with van der Waals surface area (Å²) in [5, 5.41) is 0. The molecule has 2 N–H and O–H groups in total. The Labute approximate surface area is 192 Å². The van der Waals surface area contributed by atoms with E-state index in [-0.39, 0.29) is 11.4 Å². The van der Waals surface area contributed by atoms with Gasteiger partial charge in [-0.15, -0.1) is 0 Å². The fourth-order valence-corrected chi connectivity index (χ4v) is 5.20. The Bertz CT molecular complexity index is 1230. The van der Waals surface area contributed by atoms with E-state index >= 15 is 0 Å². The second kappa shape index (κ2) is 9.51. The van der Waals surface area contributed by atoms with Crippen molar-refractivity contribution in [3.8, 4) is 17.2 Å². The summed E-state index contributed by atoms with van der Waals surface area (Å²) in [4.78, 5) is 11.6. The zero-order valence-corrected chi connectivity index (χ0v) is 18.8. The van der Waals surface area contributed by atoms with E-state index in [1.807, 2.05) is 19.1 Å². The minimum atomic E-state index is -3.97. The number of nitrogens with two attached hydrogens (primary N) is 1. The number of rotatable bonds is 7. The van der Waals surface area contributed by atoms with Crippen LogP contribution in [0.25, 0.3) is 0 Å². The number of hydrogen-bond acceptors (Lipinski definition) is 6. The Morgan fingerprint density at radius 1 is 0.970 bits per heavy atom. The molecule has 3 aromatic carbocycles. The Kier molecular flexibility index (Phi) is 6.52. The van der Waals surface area contributed by atoms with Gasteiger partial charge in [0.05, 0.1) is 11.5 Å². The van der Waals surface area contributed by atoms with Gasteiger partial charge in [0, 0.05) is 12.1 Å². The molecule has 0 aliphatic carbocycles. The summed E-state index contributed by atoms with van der Waals surface area (Å²) in [6.07, 6.45) is -1.68. The lowest BCUT2D eigenvalue weighted by Gasteiger charge is -2.35. The van der Waals surface area contributed by atoms with Crippen LogP contribution in [0.3, 0.4) is 0 Å². The van der Waals surface area contributed by atoms with Gasteiger partial charge < -0.3 is 19.9 Å². The Morgan fingerprint density at radius 2 is 1.58 bits per heavy atom. The van der Waals surface area contributed by atoms with E-state index in [0.29, 0.717) is 30.1 Å². The smallest absolute Gasteiger partial charge is 0.406 e.